The zero-order chi connectivity index (χ0) is 12.1. The van der Waals surface area contributed by atoms with Gasteiger partial charge in [-0.2, -0.15) is 0 Å². The van der Waals surface area contributed by atoms with E-state index in [0.717, 1.165) is 0 Å². The highest BCUT2D eigenvalue weighted by Gasteiger charge is 2.08. The van der Waals surface area contributed by atoms with Crippen LogP contribution < -0.4 is 5.32 Å². The highest BCUT2D eigenvalue weighted by atomic mass is 35.5. The zero-order valence-corrected chi connectivity index (χ0v) is 9.80. The van der Waals surface area contributed by atoms with E-state index >= 15 is 0 Å². The molecule has 86 valence electrons. The van der Waals surface area contributed by atoms with Gasteiger partial charge in [0, 0.05) is 0 Å². The van der Waals surface area contributed by atoms with Gasteiger partial charge in [-0.05, 0) is 25.1 Å². The summed E-state index contributed by atoms with van der Waals surface area (Å²) >= 11 is 5.90. The number of Topliss-reactive ketones (excluding diaryl/α,β-unsaturated/α-hetero) is 1. The summed E-state index contributed by atoms with van der Waals surface area (Å²) in [6.45, 7) is 1.63. The number of carbonyl (C=O) groups is 2. The Morgan fingerprint density at radius 1 is 1.44 bits per heavy atom. The molecule has 0 heterocycles. The molecule has 4 nitrogen and oxygen atoms in total. The van der Waals surface area contributed by atoms with Crippen molar-refractivity contribution in [3.05, 3.63) is 28.8 Å². The summed E-state index contributed by atoms with van der Waals surface area (Å²) in [5.41, 5.74) is 0.928. The molecule has 0 aliphatic rings. The summed E-state index contributed by atoms with van der Waals surface area (Å²) in [4.78, 5) is 22.1. The van der Waals surface area contributed by atoms with E-state index in [1.54, 1.807) is 18.2 Å². The average Bonchev–Trinajstić information content (AvgIpc) is 2.26. The van der Waals surface area contributed by atoms with Crippen molar-refractivity contribution >= 4 is 29.0 Å². The minimum Gasteiger partial charge on any atom is -0.465 e. The third-order valence-electron chi connectivity index (χ3n) is 1.92. The van der Waals surface area contributed by atoms with Crippen molar-refractivity contribution in [1.82, 2.24) is 0 Å². The minimum atomic E-state index is -0.442. The molecule has 0 saturated carbocycles. The highest BCUT2D eigenvalue weighted by Crippen LogP contribution is 2.23. The topological polar surface area (TPSA) is 55.4 Å². The normalized spacial score (nSPS) is 9.69. The number of anilines is 1. The fraction of sp³-hybridized carbons (Fsp3) is 0.273. The van der Waals surface area contributed by atoms with Crippen LogP contribution in [0.15, 0.2) is 18.2 Å². The molecule has 0 spiro atoms. The van der Waals surface area contributed by atoms with Gasteiger partial charge < -0.3 is 10.1 Å². The van der Waals surface area contributed by atoms with Gasteiger partial charge in [0.15, 0.2) is 0 Å². The second kappa shape index (κ2) is 5.51. The first-order valence-corrected chi connectivity index (χ1v) is 5.03. The summed E-state index contributed by atoms with van der Waals surface area (Å²) in [7, 11) is 1.31. The first-order chi connectivity index (χ1) is 7.54. The largest absolute Gasteiger partial charge is 0.465 e. The molecule has 0 fully saturated rings. The van der Waals surface area contributed by atoms with Crippen LogP contribution in [0.1, 0.15) is 17.3 Å². The molecule has 0 atom stereocenters. The van der Waals surface area contributed by atoms with Crippen molar-refractivity contribution in [3.8, 4) is 0 Å². The number of ketones is 1. The first kappa shape index (κ1) is 12.5. The molecule has 5 heteroatoms. The van der Waals surface area contributed by atoms with E-state index in [1.165, 1.54) is 14.0 Å². The Morgan fingerprint density at radius 3 is 2.69 bits per heavy atom. The Kier molecular flexibility index (Phi) is 4.31. The molecule has 1 aromatic carbocycles. The van der Waals surface area contributed by atoms with E-state index in [9.17, 15) is 9.59 Å². The number of nitrogens with one attached hydrogen (secondary N) is 1. The number of halogens is 1. The first-order valence-electron chi connectivity index (χ1n) is 4.65. The number of esters is 1. The van der Waals surface area contributed by atoms with Crippen LogP contribution in [-0.4, -0.2) is 25.4 Å². The lowest BCUT2D eigenvalue weighted by Crippen LogP contribution is -2.11. The van der Waals surface area contributed by atoms with Crippen LogP contribution in [0.5, 0.6) is 0 Å². The lowest BCUT2D eigenvalue weighted by Gasteiger charge is -2.08. The van der Waals surface area contributed by atoms with Gasteiger partial charge in [0.1, 0.15) is 5.78 Å². The number of carbonyl (C=O) groups excluding carboxylic acids is 2. The Labute approximate surface area is 98.5 Å². The van der Waals surface area contributed by atoms with Crippen molar-refractivity contribution in [3.63, 3.8) is 0 Å². The maximum atomic E-state index is 11.3. The number of hydrogen-bond acceptors (Lipinski definition) is 4. The molecule has 0 aliphatic carbocycles. The van der Waals surface area contributed by atoms with Crippen molar-refractivity contribution in [2.45, 2.75) is 6.92 Å². The summed E-state index contributed by atoms with van der Waals surface area (Å²) < 4.78 is 4.58. The standard InChI is InChI=1S/C11H12ClNO3/c1-7(14)6-13-10-5-8(11(15)16-2)3-4-9(10)12/h3-5,13H,6H2,1-2H3. The molecule has 1 rings (SSSR count). The number of rotatable bonds is 4. The Hall–Kier alpha value is -1.55. The van der Waals surface area contributed by atoms with Gasteiger partial charge in [-0.15, -0.1) is 0 Å². The molecule has 1 aromatic rings. The quantitative estimate of drug-likeness (QED) is 0.821. The van der Waals surface area contributed by atoms with E-state index < -0.39 is 5.97 Å². The number of methoxy groups -OCH3 is 1. The predicted molar refractivity (Wildman–Crippen MR) is 62.0 cm³/mol. The van der Waals surface area contributed by atoms with Crippen molar-refractivity contribution in [2.75, 3.05) is 19.0 Å². The van der Waals surface area contributed by atoms with Gasteiger partial charge in [0.05, 0.1) is 29.9 Å². The molecule has 0 bridgehead atoms. The van der Waals surface area contributed by atoms with Crippen LogP contribution in [-0.2, 0) is 9.53 Å². The molecule has 0 radical (unpaired) electrons. The molecule has 16 heavy (non-hydrogen) atoms. The maximum absolute atomic E-state index is 11.3. The van der Waals surface area contributed by atoms with Crippen LogP contribution in [0.3, 0.4) is 0 Å². The van der Waals surface area contributed by atoms with Gasteiger partial charge in [-0.25, -0.2) is 4.79 Å². The fourth-order valence-electron chi connectivity index (χ4n) is 1.13. The van der Waals surface area contributed by atoms with Crippen LogP contribution in [0.25, 0.3) is 0 Å². The van der Waals surface area contributed by atoms with E-state index in [0.29, 0.717) is 16.3 Å². The van der Waals surface area contributed by atoms with E-state index in [4.69, 9.17) is 11.6 Å². The summed E-state index contributed by atoms with van der Waals surface area (Å²) in [5, 5.41) is 3.30. The predicted octanol–water partition coefficient (Wildman–Crippen LogP) is 2.13. The summed E-state index contributed by atoms with van der Waals surface area (Å²) in [6, 6.07) is 4.69. The lowest BCUT2D eigenvalue weighted by atomic mass is 10.2. The number of benzene rings is 1. The highest BCUT2D eigenvalue weighted by molar-refractivity contribution is 6.33. The lowest BCUT2D eigenvalue weighted by molar-refractivity contribution is -0.115. The smallest absolute Gasteiger partial charge is 0.337 e. The Balaban J connectivity index is 2.90. The van der Waals surface area contributed by atoms with Crippen LogP contribution in [0.2, 0.25) is 5.02 Å². The second-order valence-corrected chi connectivity index (χ2v) is 3.65. The van der Waals surface area contributed by atoms with E-state index in [1.807, 2.05) is 0 Å². The minimum absolute atomic E-state index is 0.0143. The van der Waals surface area contributed by atoms with Gasteiger partial charge >= 0.3 is 5.97 Å². The molecule has 0 unspecified atom stereocenters. The Morgan fingerprint density at radius 2 is 2.12 bits per heavy atom. The van der Waals surface area contributed by atoms with Gasteiger partial charge in [0.2, 0.25) is 0 Å². The van der Waals surface area contributed by atoms with Gasteiger partial charge in [-0.1, -0.05) is 11.6 Å². The van der Waals surface area contributed by atoms with Crippen molar-refractivity contribution in [2.24, 2.45) is 0 Å². The van der Waals surface area contributed by atoms with Crippen LogP contribution in [0.4, 0.5) is 5.69 Å². The zero-order valence-electron chi connectivity index (χ0n) is 9.04. The van der Waals surface area contributed by atoms with Crippen molar-refractivity contribution in [1.29, 1.82) is 0 Å². The van der Waals surface area contributed by atoms with E-state index in [-0.39, 0.29) is 12.3 Å². The van der Waals surface area contributed by atoms with Crippen molar-refractivity contribution < 1.29 is 14.3 Å². The molecule has 1 N–H and O–H groups in total. The van der Waals surface area contributed by atoms with Gasteiger partial charge in [0.25, 0.3) is 0 Å². The summed E-state index contributed by atoms with van der Waals surface area (Å²) in [5.74, 6) is -0.456. The van der Waals surface area contributed by atoms with Gasteiger partial charge in [-0.3, -0.25) is 4.79 Å². The molecule has 0 saturated heterocycles. The molecular weight excluding hydrogens is 230 g/mol. The summed E-state index contributed by atoms with van der Waals surface area (Å²) in [6.07, 6.45) is 0. The molecule has 0 aromatic heterocycles. The number of ether oxygens (including phenoxy) is 1. The second-order valence-electron chi connectivity index (χ2n) is 3.24. The maximum Gasteiger partial charge on any atom is 0.337 e. The van der Waals surface area contributed by atoms with Crippen LogP contribution in [0, 0.1) is 0 Å². The van der Waals surface area contributed by atoms with Crippen LogP contribution >= 0.6 is 11.6 Å². The third kappa shape index (κ3) is 3.24. The fourth-order valence-corrected chi connectivity index (χ4v) is 1.31. The Bertz CT molecular complexity index is 418. The SMILES string of the molecule is COC(=O)c1ccc(Cl)c(NCC(C)=O)c1. The monoisotopic (exact) mass is 241 g/mol. The molecular formula is C11H12ClNO3. The third-order valence-corrected chi connectivity index (χ3v) is 2.24. The average molecular weight is 242 g/mol. The number of hydrogen-bond donors (Lipinski definition) is 1. The van der Waals surface area contributed by atoms with E-state index in [2.05, 4.69) is 10.1 Å². The molecule has 0 amide bonds. The molecule has 0 aliphatic heterocycles.